The van der Waals surface area contributed by atoms with Crippen LogP contribution in [0, 0.1) is 5.82 Å². The van der Waals surface area contributed by atoms with Gasteiger partial charge in [0.2, 0.25) is 5.91 Å². The molecule has 2 aromatic rings. The van der Waals surface area contributed by atoms with Crippen molar-refractivity contribution in [3.05, 3.63) is 65.5 Å². The quantitative estimate of drug-likeness (QED) is 0.766. The molecular weight excluding hydrogens is 311 g/mol. The number of benzene rings is 2. The average molecular weight is 330 g/mol. The fourth-order valence-corrected chi connectivity index (χ4v) is 2.09. The fourth-order valence-electron chi connectivity index (χ4n) is 2.09. The normalized spacial score (nSPS) is 10.1. The highest BCUT2D eigenvalue weighted by Crippen LogP contribution is 2.10. The number of hydrogen-bond acceptors (Lipinski definition) is 4. The number of anilines is 1. The summed E-state index contributed by atoms with van der Waals surface area (Å²) in [6.07, 6.45) is 0.257. The monoisotopic (exact) mass is 330 g/mol. The predicted octanol–water partition coefficient (Wildman–Crippen LogP) is 2.73. The summed E-state index contributed by atoms with van der Waals surface area (Å²) in [4.78, 5) is 23.1. The van der Waals surface area contributed by atoms with Crippen molar-refractivity contribution >= 4 is 17.6 Å². The van der Waals surface area contributed by atoms with Gasteiger partial charge in [0, 0.05) is 30.8 Å². The molecule has 0 radical (unpaired) electrons. The molecule has 0 saturated carbocycles. The summed E-state index contributed by atoms with van der Waals surface area (Å²) in [5.41, 5.74) is 1.72. The van der Waals surface area contributed by atoms with Gasteiger partial charge in [-0.3, -0.25) is 4.79 Å². The van der Waals surface area contributed by atoms with Crippen molar-refractivity contribution in [1.29, 1.82) is 0 Å². The van der Waals surface area contributed by atoms with E-state index in [9.17, 15) is 14.0 Å². The summed E-state index contributed by atoms with van der Waals surface area (Å²) in [7, 11) is 1.33. The molecule has 126 valence electrons. The van der Waals surface area contributed by atoms with Crippen LogP contribution in [-0.4, -0.2) is 25.5 Å². The number of esters is 1. The Morgan fingerprint density at radius 3 is 2.46 bits per heavy atom. The van der Waals surface area contributed by atoms with Gasteiger partial charge >= 0.3 is 5.97 Å². The van der Waals surface area contributed by atoms with Crippen LogP contribution in [0.4, 0.5) is 10.1 Å². The van der Waals surface area contributed by atoms with Gasteiger partial charge in [-0.1, -0.05) is 18.2 Å². The Morgan fingerprint density at radius 1 is 1.08 bits per heavy atom. The van der Waals surface area contributed by atoms with E-state index in [2.05, 4.69) is 15.4 Å². The summed E-state index contributed by atoms with van der Waals surface area (Å²) in [5.74, 6) is -0.896. The molecule has 0 aliphatic heterocycles. The van der Waals surface area contributed by atoms with Crippen LogP contribution >= 0.6 is 0 Å². The lowest BCUT2D eigenvalue weighted by molar-refractivity contribution is -0.121. The Labute approximate surface area is 139 Å². The maximum Gasteiger partial charge on any atom is 0.337 e. The first-order valence-corrected chi connectivity index (χ1v) is 7.52. The van der Waals surface area contributed by atoms with E-state index in [0.29, 0.717) is 17.7 Å². The van der Waals surface area contributed by atoms with Crippen LogP contribution in [0.1, 0.15) is 22.3 Å². The molecule has 1 amide bonds. The average Bonchev–Trinajstić information content (AvgIpc) is 2.61. The minimum Gasteiger partial charge on any atom is -0.465 e. The molecule has 0 spiro atoms. The highest BCUT2D eigenvalue weighted by atomic mass is 19.1. The second-order valence-corrected chi connectivity index (χ2v) is 5.11. The van der Waals surface area contributed by atoms with Gasteiger partial charge in [-0.15, -0.1) is 0 Å². The zero-order valence-electron chi connectivity index (χ0n) is 13.3. The standard InChI is InChI=1S/C18H19FN2O3/c1-24-18(23)13-6-8-15(9-7-13)20-11-10-17(22)21-12-14-4-2-3-5-16(14)19/h2-9,20H,10-12H2,1H3,(H,21,22). The highest BCUT2D eigenvalue weighted by molar-refractivity contribution is 5.89. The molecule has 5 nitrogen and oxygen atoms in total. The summed E-state index contributed by atoms with van der Waals surface area (Å²) >= 11 is 0. The van der Waals surface area contributed by atoms with E-state index < -0.39 is 5.97 Å². The minimum atomic E-state index is -0.394. The van der Waals surface area contributed by atoms with E-state index in [1.54, 1.807) is 42.5 Å². The van der Waals surface area contributed by atoms with Gasteiger partial charge in [-0.2, -0.15) is 0 Å². The Balaban J connectivity index is 1.72. The van der Waals surface area contributed by atoms with Crippen LogP contribution in [0.5, 0.6) is 0 Å². The molecule has 0 heterocycles. The number of carbonyl (C=O) groups excluding carboxylic acids is 2. The smallest absolute Gasteiger partial charge is 0.337 e. The van der Waals surface area contributed by atoms with Crippen molar-refractivity contribution in [3.8, 4) is 0 Å². The number of hydrogen-bond donors (Lipinski definition) is 2. The molecule has 0 aliphatic carbocycles. The lowest BCUT2D eigenvalue weighted by Crippen LogP contribution is -2.25. The van der Waals surface area contributed by atoms with Gasteiger partial charge in [-0.25, -0.2) is 9.18 Å². The molecule has 24 heavy (non-hydrogen) atoms. The lowest BCUT2D eigenvalue weighted by Gasteiger charge is -2.08. The Kier molecular flexibility index (Phi) is 6.31. The topological polar surface area (TPSA) is 67.4 Å². The molecule has 0 aliphatic rings. The van der Waals surface area contributed by atoms with E-state index in [1.807, 2.05) is 0 Å². The Hall–Kier alpha value is -2.89. The van der Waals surface area contributed by atoms with Crippen LogP contribution in [0.3, 0.4) is 0 Å². The summed E-state index contributed by atoms with van der Waals surface area (Å²) < 4.78 is 18.1. The largest absolute Gasteiger partial charge is 0.465 e. The predicted molar refractivity (Wildman–Crippen MR) is 89.1 cm³/mol. The third-order valence-electron chi connectivity index (χ3n) is 3.42. The lowest BCUT2D eigenvalue weighted by atomic mass is 10.2. The van der Waals surface area contributed by atoms with Gasteiger partial charge in [0.1, 0.15) is 5.82 Å². The first kappa shape index (κ1) is 17.5. The zero-order valence-corrected chi connectivity index (χ0v) is 13.3. The van der Waals surface area contributed by atoms with Crippen molar-refractivity contribution in [2.75, 3.05) is 19.0 Å². The number of amides is 1. The molecule has 2 N–H and O–H groups in total. The van der Waals surface area contributed by atoms with Crippen LogP contribution in [-0.2, 0) is 16.1 Å². The van der Waals surface area contributed by atoms with Crippen molar-refractivity contribution in [2.45, 2.75) is 13.0 Å². The third kappa shape index (κ3) is 5.08. The highest BCUT2D eigenvalue weighted by Gasteiger charge is 2.06. The SMILES string of the molecule is COC(=O)c1ccc(NCCC(=O)NCc2ccccc2F)cc1. The number of nitrogens with one attached hydrogen (secondary N) is 2. The third-order valence-corrected chi connectivity index (χ3v) is 3.42. The van der Waals surface area contributed by atoms with Gasteiger partial charge in [0.25, 0.3) is 0 Å². The first-order chi connectivity index (χ1) is 11.6. The van der Waals surface area contributed by atoms with E-state index in [0.717, 1.165) is 5.69 Å². The van der Waals surface area contributed by atoms with Gasteiger partial charge in [0.15, 0.2) is 0 Å². The molecule has 6 heteroatoms. The van der Waals surface area contributed by atoms with Crippen LogP contribution in [0.15, 0.2) is 48.5 Å². The van der Waals surface area contributed by atoms with E-state index in [4.69, 9.17) is 0 Å². The molecule has 0 unspecified atom stereocenters. The Morgan fingerprint density at radius 2 is 1.79 bits per heavy atom. The number of carbonyl (C=O) groups is 2. The molecule has 0 fully saturated rings. The number of ether oxygens (including phenoxy) is 1. The van der Waals surface area contributed by atoms with Crippen molar-refractivity contribution in [2.24, 2.45) is 0 Å². The summed E-state index contributed by atoms with van der Waals surface area (Å²) in [5, 5.41) is 5.76. The molecular formula is C18H19FN2O3. The van der Waals surface area contributed by atoms with E-state index in [1.165, 1.54) is 13.2 Å². The second kappa shape index (κ2) is 8.67. The zero-order chi connectivity index (χ0) is 17.4. The second-order valence-electron chi connectivity index (χ2n) is 5.11. The number of halogens is 1. The van der Waals surface area contributed by atoms with Crippen molar-refractivity contribution in [1.82, 2.24) is 5.32 Å². The Bertz CT molecular complexity index is 702. The van der Waals surface area contributed by atoms with Crippen molar-refractivity contribution < 1.29 is 18.7 Å². The van der Waals surface area contributed by atoms with Gasteiger partial charge in [-0.05, 0) is 30.3 Å². The maximum absolute atomic E-state index is 13.4. The van der Waals surface area contributed by atoms with E-state index >= 15 is 0 Å². The molecule has 0 saturated heterocycles. The molecule has 0 bridgehead atoms. The number of rotatable bonds is 7. The molecule has 0 atom stereocenters. The van der Waals surface area contributed by atoms with Gasteiger partial charge < -0.3 is 15.4 Å². The van der Waals surface area contributed by atoms with Gasteiger partial charge in [0.05, 0.1) is 12.7 Å². The van der Waals surface area contributed by atoms with Crippen LogP contribution in [0.2, 0.25) is 0 Å². The fraction of sp³-hybridized carbons (Fsp3) is 0.222. The molecule has 0 aromatic heterocycles. The summed E-state index contributed by atoms with van der Waals surface area (Å²) in [6, 6.07) is 13.1. The minimum absolute atomic E-state index is 0.166. The number of methoxy groups -OCH3 is 1. The first-order valence-electron chi connectivity index (χ1n) is 7.52. The maximum atomic E-state index is 13.4. The molecule has 2 aromatic carbocycles. The van der Waals surface area contributed by atoms with E-state index in [-0.39, 0.29) is 24.7 Å². The van der Waals surface area contributed by atoms with Crippen LogP contribution in [0.25, 0.3) is 0 Å². The molecule has 2 rings (SSSR count). The summed E-state index contributed by atoms with van der Waals surface area (Å²) in [6.45, 7) is 0.597. The van der Waals surface area contributed by atoms with Crippen molar-refractivity contribution in [3.63, 3.8) is 0 Å². The van der Waals surface area contributed by atoms with Crippen LogP contribution < -0.4 is 10.6 Å².